The number of likely N-dealkylation sites (N-methyl/N-ethyl adjacent to an activating group) is 2. The quantitative estimate of drug-likeness (QED) is 0.314. The van der Waals surface area contributed by atoms with Crippen LogP contribution in [-0.2, 0) is 27.2 Å². The topological polar surface area (TPSA) is 93.6 Å². The zero-order chi connectivity index (χ0) is 24.4. The molecule has 0 atom stereocenters. The largest absolute Gasteiger partial charge is 0.355 e. The lowest BCUT2D eigenvalue weighted by Crippen LogP contribution is -2.35. The van der Waals surface area contributed by atoms with Crippen LogP contribution >= 0.6 is 0 Å². The molecule has 0 bridgehead atoms. The summed E-state index contributed by atoms with van der Waals surface area (Å²) in [5.41, 5.74) is 3.49. The molecule has 33 heavy (non-hydrogen) atoms. The molecule has 0 spiro atoms. The molecule has 7 heteroatoms. The van der Waals surface area contributed by atoms with Crippen molar-refractivity contribution in [2.75, 3.05) is 27.7 Å². The Labute approximate surface area is 195 Å². The Morgan fingerprint density at radius 2 is 1.61 bits per heavy atom. The molecule has 2 N–H and O–H groups in total. The predicted molar refractivity (Wildman–Crippen MR) is 130 cm³/mol. The molecule has 0 aromatic heterocycles. The molecule has 0 radical (unpaired) electrons. The highest BCUT2D eigenvalue weighted by Crippen LogP contribution is 2.19. The van der Waals surface area contributed by atoms with Gasteiger partial charge in [0.1, 0.15) is 0 Å². The summed E-state index contributed by atoms with van der Waals surface area (Å²) in [7, 11) is 4.71. The van der Waals surface area contributed by atoms with Gasteiger partial charge in [-0.15, -0.1) is 0 Å². The fraction of sp³-hybridized carbons (Fsp3) is 0.308. The molecular weight excluding hydrogens is 416 g/mol. The van der Waals surface area contributed by atoms with Crippen LogP contribution in [0.3, 0.4) is 0 Å². The summed E-state index contributed by atoms with van der Waals surface area (Å²) in [6.07, 6.45) is 1.30. The third kappa shape index (κ3) is 7.71. The van der Waals surface area contributed by atoms with Crippen molar-refractivity contribution in [1.29, 1.82) is 5.41 Å². The van der Waals surface area contributed by atoms with E-state index in [4.69, 9.17) is 5.41 Å². The Morgan fingerprint density at radius 3 is 2.18 bits per heavy atom. The van der Waals surface area contributed by atoms with Gasteiger partial charge in [-0.1, -0.05) is 60.2 Å². The van der Waals surface area contributed by atoms with Gasteiger partial charge in [0.05, 0.1) is 17.7 Å². The lowest BCUT2D eigenvalue weighted by molar-refractivity contribution is -0.124. The Hall–Kier alpha value is -3.74. The third-order valence-electron chi connectivity index (χ3n) is 5.20. The van der Waals surface area contributed by atoms with E-state index in [2.05, 4.69) is 5.32 Å². The van der Waals surface area contributed by atoms with E-state index < -0.39 is 5.91 Å². The molecule has 7 nitrogen and oxygen atoms in total. The third-order valence-corrected chi connectivity index (χ3v) is 5.20. The van der Waals surface area contributed by atoms with Crippen LogP contribution in [-0.4, -0.2) is 61.4 Å². The van der Waals surface area contributed by atoms with Crippen molar-refractivity contribution in [2.24, 2.45) is 0 Å². The maximum absolute atomic E-state index is 13.0. The van der Waals surface area contributed by atoms with Crippen LogP contribution in [0.1, 0.15) is 23.1 Å². The van der Waals surface area contributed by atoms with Gasteiger partial charge in [0.15, 0.2) is 0 Å². The minimum Gasteiger partial charge on any atom is -0.355 e. The van der Waals surface area contributed by atoms with Crippen molar-refractivity contribution in [3.8, 4) is 0 Å². The number of nitrogens with one attached hydrogen (secondary N) is 2. The molecule has 0 unspecified atom stereocenters. The fourth-order valence-electron chi connectivity index (χ4n) is 3.31. The second-order valence-corrected chi connectivity index (χ2v) is 8.14. The van der Waals surface area contributed by atoms with Gasteiger partial charge >= 0.3 is 0 Å². The number of nitrogens with zero attached hydrogens (tertiary/aromatic N) is 2. The maximum atomic E-state index is 13.0. The van der Waals surface area contributed by atoms with Gasteiger partial charge in [-0.3, -0.25) is 14.4 Å². The van der Waals surface area contributed by atoms with Crippen LogP contribution in [0.2, 0.25) is 0 Å². The molecule has 174 valence electrons. The molecule has 2 rings (SSSR count). The average molecular weight is 449 g/mol. The van der Waals surface area contributed by atoms with Crippen molar-refractivity contribution in [3.05, 3.63) is 82.6 Å². The molecule has 0 saturated heterocycles. The molecular formula is C26H32N4O3. The minimum atomic E-state index is -0.424. The second-order valence-electron chi connectivity index (χ2n) is 8.14. The number of rotatable bonds is 11. The van der Waals surface area contributed by atoms with E-state index in [1.165, 1.54) is 15.4 Å². The monoisotopic (exact) mass is 448 g/mol. The van der Waals surface area contributed by atoms with Crippen LogP contribution in [0, 0.1) is 12.3 Å². The molecule has 0 fully saturated rings. The summed E-state index contributed by atoms with van der Waals surface area (Å²) in [5, 5.41) is 11.4. The summed E-state index contributed by atoms with van der Waals surface area (Å²) in [5.74, 6) is -0.768. The van der Waals surface area contributed by atoms with Crippen LogP contribution in [0.5, 0.6) is 0 Å². The second kappa shape index (κ2) is 12.3. The van der Waals surface area contributed by atoms with Crippen LogP contribution < -0.4 is 5.32 Å². The van der Waals surface area contributed by atoms with Gasteiger partial charge in [-0.25, -0.2) is 0 Å². The smallest absolute Gasteiger partial charge is 0.256 e. The zero-order valence-corrected chi connectivity index (χ0v) is 19.7. The van der Waals surface area contributed by atoms with E-state index >= 15 is 0 Å². The number of carbonyl (C=O) groups is 3. The molecule has 0 aliphatic carbocycles. The summed E-state index contributed by atoms with van der Waals surface area (Å²) in [6, 6.07) is 17.5. The lowest BCUT2D eigenvalue weighted by atomic mass is 9.98. The first-order valence-electron chi connectivity index (χ1n) is 10.8. The number of aryl methyl sites for hydroxylation is 1. The molecule has 0 saturated carbocycles. The van der Waals surface area contributed by atoms with Crippen molar-refractivity contribution >= 4 is 23.9 Å². The lowest BCUT2D eigenvalue weighted by Gasteiger charge is -2.23. The first-order valence-corrected chi connectivity index (χ1v) is 10.8. The molecule has 2 aromatic carbocycles. The Morgan fingerprint density at radius 1 is 0.970 bits per heavy atom. The van der Waals surface area contributed by atoms with Crippen molar-refractivity contribution < 1.29 is 14.4 Å². The Kier molecular flexibility index (Phi) is 9.54. The van der Waals surface area contributed by atoms with Gasteiger partial charge < -0.3 is 20.5 Å². The predicted octanol–water partition coefficient (Wildman–Crippen LogP) is 2.74. The van der Waals surface area contributed by atoms with Crippen molar-refractivity contribution in [2.45, 2.75) is 26.2 Å². The summed E-state index contributed by atoms with van der Waals surface area (Å²) < 4.78 is 0. The molecule has 2 aromatic rings. The highest BCUT2D eigenvalue weighted by molar-refractivity contribution is 6.24. The average Bonchev–Trinajstić information content (AvgIpc) is 2.79. The standard InChI is InChI=1S/C26H32N4O3/c1-19-10-12-20(13-11-19)14-15-28-24(32)17-22(27)25(26(33)29(2)3)23(30(4)18-31)16-21-8-6-5-7-9-21/h5-13,18,27H,14-17H2,1-4H3,(H,28,32)/b25-23-,27-22?. The number of hydrogen-bond acceptors (Lipinski definition) is 4. The zero-order valence-electron chi connectivity index (χ0n) is 19.7. The van der Waals surface area contributed by atoms with Crippen molar-refractivity contribution in [3.63, 3.8) is 0 Å². The Balaban J connectivity index is 2.20. The summed E-state index contributed by atoms with van der Waals surface area (Å²) in [6.45, 7) is 2.45. The molecule has 0 aliphatic heterocycles. The van der Waals surface area contributed by atoms with Crippen LogP contribution in [0.25, 0.3) is 0 Å². The Bertz CT molecular complexity index is 1010. The summed E-state index contributed by atoms with van der Waals surface area (Å²) in [4.78, 5) is 39.8. The normalized spacial score (nSPS) is 11.3. The highest BCUT2D eigenvalue weighted by Gasteiger charge is 2.25. The summed E-state index contributed by atoms with van der Waals surface area (Å²) >= 11 is 0. The van der Waals surface area contributed by atoms with Gasteiger partial charge in [-0.2, -0.15) is 0 Å². The number of benzene rings is 2. The van der Waals surface area contributed by atoms with Gasteiger partial charge in [0.25, 0.3) is 5.91 Å². The molecule has 3 amide bonds. The minimum absolute atomic E-state index is 0.0622. The number of amides is 3. The fourth-order valence-corrected chi connectivity index (χ4v) is 3.31. The highest BCUT2D eigenvalue weighted by atomic mass is 16.2. The van der Waals surface area contributed by atoms with E-state index in [9.17, 15) is 14.4 Å². The van der Waals surface area contributed by atoms with Crippen LogP contribution in [0.4, 0.5) is 0 Å². The van der Waals surface area contributed by atoms with E-state index in [0.717, 1.165) is 11.1 Å². The van der Waals surface area contributed by atoms with E-state index in [1.54, 1.807) is 21.1 Å². The SMILES string of the molecule is Cc1ccc(CCNC(=O)CC(=N)/C(C(=O)N(C)C)=C(\Cc2ccccc2)N(C)C=O)cc1. The molecule has 0 aliphatic rings. The number of hydrogen-bond donors (Lipinski definition) is 2. The molecule has 0 heterocycles. The number of carbonyl (C=O) groups excluding carboxylic acids is 3. The first-order chi connectivity index (χ1) is 15.7. The maximum Gasteiger partial charge on any atom is 0.256 e. The van der Waals surface area contributed by atoms with E-state index in [0.29, 0.717) is 25.1 Å². The van der Waals surface area contributed by atoms with Crippen molar-refractivity contribution in [1.82, 2.24) is 15.1 Å². The number of allylic oxidation sites excluding steroid dienone is 1. The van der Waals surface area contributed by atoms with Crippen LogP contribution in [0.15, 0.2) is 65.9 Å². The van der Waals surface area contributed by atoms with E-state index in [-0.39, 0.29) is 30.0 Å². The van der Waals surface area contributed by atoms with Gasteiger partial charge in [-0.05, 0) is 24.5 Å². The first kappa shape index (κ1) is 25.5. The van der Waals surface area contributed by atoms with E-state index in [1.807, 2.05) is 61.5 Å². The van der Waals surface area contributed by atoms with Gasteiger partial charge in [0.2, 0.25) is 12.3 Å². The van der Waals surface area contributed by atoms with Gasteiger partial charge in [0, 0.05) is 39.8 Å².